The fraction of sp³-hybridized carbons (Fsp3) is 0.133. The van der Waals surface area contributed by atoms with Gasteiger partial charge in [0.05, 0.1) is 19.9 Å². The van der Waals surface area contributed by atoms with Crippen LogP contribution < -0.4 is 14.8 Å². The quantitative estimate of drug-likeness (QED) is 0.822. The van der Waals surface area contributed by atoms with Crippen molar-refractivity contribution in [3.8, 4) is 11.5 Å². The molecule has 0 aliphatic carbocycles. The van der Waals surface area contributed by atoms with E-state index in [1.807, 2.05) is 12.1 Å². The monoisotopic (exact) mass is 383 g/mol. The van der Waals surface area contributed by atoms with Crippen molar-refractivity contribution in [2.75, 3.05) is 19.5 Å². The minimum atomic E-state index is -0.187. The van der Waals surface area contributed by atoms with Crippen LogP contribution in [0, 0.1) is 3.57 Å². The number of ether oxygens (including phenoxy) is 2. The van der Waals surface area contributed by atoms with Crippen LogP contribution in [0.5, 0.6) is 11.5 Å². The zero-order valence-corrected chi connectivity index (χ0v) is 13.3. The molecule has 2 rings (SSSR count). The van der Waals surface area contributed by atoms with Crippen LogP contribution in [0.2, 0.25) is 0 Å². The first-order valence-electron chi connectivity index (χ1n) is 5.93. The Morgan fingerprint density at radius 1 is 1.05 bits per heavy atom. The molecular weight excluding hydrogens is 369 g/mol. The third kappa shape index (κ3) is 3.41. The topological polar surface area (TPSA) is 47.6 Å². The van der Waals surface area contributed by atoms with Crippen molar-refractivity contribution in [2.24, 2.45) is 0 Å². The zero-order valence-electron chi connectivity index (χ0n) is 11.1. The lowest BCUT2D eigenvalue weighted by Crippen LogP contribution is -2.12. The molecule has 2 aromatic rings. The van der Waals surface area contributed by atoms with Crippen molar-refractivity contribution < 1.29 is 14.3 Å². The lowest BCUT2D eigenvalue weighted by atomic mass is 10.2. The normalized spacial score (nSPS) is 9.95. The molecule has 4 nitrogen and oxygen atoms in total. The van der Waals surface area contributed by atoms with Crippen LogP contribution >= 0.6 is 22.6 Å². The van der Waals surface area contributed by atoms with Gasteiger partial charge in [0.2, 0.25) is 0 Å². The van der Waals surface area contributed by atoms with Gasteiger partial charge in [0.1, 0.15) is 11.5 Å². The number of hydrogen-bond donors (Lipinski definition) is 1. The Hall–Kier alpha value is -1.76. The van der Waals surface area contributed by atoms with E-state index >= 15 is 0 Å². The number of benzene rings is 2. The van der Waals surface area contributed by atoms with Crippen molar-refractivity contribution in [3.05, 3.63) is 51.6 Å². The number of halogens is 1. The molecular formula is C15H14INO3. The smallest absolute Gasteiger partial charge is 0.255 e. The third-order valence-electron chi connectivity index (χ3n) is 2.76. The van der Waals surface area contributed by atoms with E-state index in [0.717, 1.165) is 3.57 Å². The number of nitrogens with one attached hydrogen (secondary N) is 1. The molecule has 0 aliphatic rings. The van der Waals surface area contributed by atoms with E-state index in [2.05, 4.69) is 27.9 Å². The highest BCUT2D eigenvalue weighted by Gasteiger charge is 2.10. The lowest BCUT2D eigenvalue weighted by Gasteiger charge is -2.11. The highest BCUT2D eigenvalue weighted by Crippen LogP contribution is 2.29. The van der Waals surface area contributed by atoms with Crippen LogP contribution in [-0.4, -0.2) is 20.1 Å². The van der Waals surface area contributed by atoms with E-state index in [1.165, 1.54) is 0 Å². The Morgan fingerprint density at radius 3 is 2.35 bits per heavy atom. The molecule has 0 heterocycles. The van der Waals surface area contributed by atoms with Gasteiger partial charge in [-0.2, -0.15) is 0 Å². The molecule has 0 saturated heterocycles. The van der Waals surface area contributed by atoms with Crippen LogP contribution in [0.25, 0.3) is 0 Å². The van der Waals surface area contributed by atoms with E-state index in [9.17, 15) is 4.79 Å². The van der Waals surface area contributed by atoms with Crippen LogP contribution in [-0.2, 0) is 0 Å². The van der Waals surface area contributed by atoms with Crippen molar-refractivity contribution in [1.29, 1.82) is 0 Å². The number of carbonyl (C=O) groups excluding carboxylic acids is 1. The molecule has 104 valence electrons. The summed E-state index contributed by atoms with van der Waals surface area (Å²) in [7, 11) is 3.13. The minimum Gasteiger partial charge on any atom is -0.497 e. The van der Waals surface area contributed by atoms with Gasteiger partial charge in [0.25, 0.3) is 5.91 Å². The molecule has 2 aromatic carbocycles. The predicted molar refractivity (Wildman–Crippen MR) is 86.7 cm³/mol. The summed E-state index contributed by atoms with van der Waals surface area (Å²) in [6, 6.07) is 12.6. The van der Waals surface area contributed by atoms with Gasteiger partial charge in [-0.25, -0.2) is 0 Å². The molecule has 20 heavy (non-hydrogen) atoms. The maximum Gasteiger partial charge on any atom is 0.255 e. The molecule has 0 aromatic heterocycles. The van der Waals surface area contributed by atoms with Crippen molar-refractivity contribution in [1.82, 2.24) is 0 Å². The fourth-order valence-corrected chi connectivity index (χ4v) is 2.07. The first kappa shape index (κ1) is 14.6. The first-order valence-corrected chi connectivity index (χ1v) is 7.01. The van der Waals surface area contributed by atoms with E-state index in [4.69, 9.17) is 9.47 Å². The Bertz CT molecular complexity index is 611. The minimum absolute atomic E-state index is 0.187. The Morgan fingerprint density at radius 2 is 1.75 bits per heavy atom. The van der Waals surface area contributed by atoms with Crippen LogP contribution in [0.15, 0.2) is 42.5 Å². The average Bonchev–Trinajstić information content (AvgIpc) is 2.47. The second-order valence-electron chi connectivity index (χ2n) is 4.03. The SMILES string of the molecule is COc1ccc(OC)c(NC(=O)c2ccc(I)cc2)c1. The summed E-state index contributed by atoms with van der Waals surface area (Å²) < 4.78 is 11.5. The maximum absolute atomic E-state index is 12.2. The second kappa shape index (κ2) is 6.60. The van der Waals surface area contributed by atoms with Crippen molar-refractivity contribution in [2.45, 2.75) is 0 Å². The molecule has 0 aliphatic heterocycles. The summed E-state index contributed by atoms with van der Waals surface area (Å²) in [5.41, 5.74) is 1.17. The molecule has 0 fully saturated rings. The number of anilines is 1. The number of rotatable bonds is 4. The molecule has 0 spiro atoms. The van der Waals surface area contributed by atoms with Crippen molar-refractivity contribution in [3.63, 3.8) is 0 Å². The van der Waals surface area contributed by atoms with E-state index < -0.39 is 0 Å². The highest BCUT2D eigenvalue weighted by atomic mass is 127. The molecule has 1 amide bonds. The molecule has 0 unspecified atom stereocenters. The van der Waals surface area contributed by atoms with E-state index in [0.29, 0.717) is 22.7 Å². The number of methoxy groups -OCH3 is 2. The van der Waals surface area contributed by atoms with Gasteiger partial charge in [-0.1, -0.05) is 0 Å². The van der Waals surface area contributed by atoms with Crippen LogP contribution in [0.3, 0.4) is 0 Å². The highest BCUT2D eigenvalue weighted by molar-refractivity contribution is 14.1. The standard InChI is InChI=1S/C15H14INO3/c1-19-12-7-8-14(20-2)13(9-12)17-15(18)10-3-5-11(16)6-4-10/h3-9H,1-2H3,(H,17,18). The van der Waals surface area contributed by atoms with Gasteiger partial charge in [0, 0.05) is 15.2 Å². The zero-order chi connectivity index (χ0) is 14.5. The summed E-state index contributed by atoms with van der Waals surface area (Å²) in [4.78, 5) is 12.2. The Kier molecular flexibility index (Phi) is 4.84. The summed E-state index contributed by atoms with van der Waals surface area (Å²) in [5, 5.41) is 2.83. The fourth-order valence-electron chi connectivity index (χ4n) is 1.71. The van der Waals surface area contributed by atoms with Gasteiger partial charge >= 0.3 is 0 Å². The molecule has 0 radical (unpaired) electrons. The summed E-state index contributed by atoms with van der Waals surface area (Å²) in [5.74, 6) is 1.06. The second-order valence-corrected chi connectivity index (χ2v) is 5.27. The van der Waals surface area contributed by atoms with Gasteiger partial charge in [-0.05, 0) is 59.0 Å². The lowest BCUT2D eigenvalue weighted by molar-refractivity contribution is 0.102. The first-order chi connectivity index (χ1) is 9.63. The predicted octanol–water partition coefficient (Wildman–Crippen LogP) is 3.56. The molecule has 1 N–H and O–H groups in total. The molecule has 5 heteroatoms. The molecule has 0 bridgehead atoms. The third-order valence-corrected chi connectivity index (χ3v) is 3.48. The van der Waals surface area contributed by atoms with E-state index in [-0.39, 0.29) is 5.91 Å². The van der Waals surface area contributed by atoms with Crippen molar-refractivity contribution >= 4 is 34.2 Å². The number of amides is 1. The maximum atomic E-state index is 12.2. The largest absolute Gasteiger partial charge is 0.497 e. The van der Waals surface area contributed by atoms with Gasteiger partial charge in [-0.3, -0.25) is 4.79 Å². The Labute approximate surface area is 131 Å². The molecule has 0 atom stereocenters. The van der Waals surface area contributed by atoms with Gasteiger partial charge in [-0.15, -0.1) is 0 Å². The summed E-state index contributed by atoms with van der Waals surface area (Å²) in [6.45, 7) is 0. The number of hydrogen-bond acceptors (Lipinski definition) is 3. The van der Waals surface area contributed by atoms with Crippen LogP contribution in [0.1, 0.15) is 10.4 Å². The van der Waals surface area contributed by atoms with Gasteiger partial charge in [0.15, 0.2) is 0 Å². The number of carbonyl (C=O) groups is 1. The average molecular weight is 383 g/mol. The summed E-state index contributed by atoms with van der Waals surface area (Å²) >= 11 is 2.20. The van der Waals surface area contributed by atoms with E-state index in [1.54, 1.807) is 44.6 Å². The Balaban J connectivity index is 2.24. The summed E-state index contributed by atoms with van der Waals surface area (Å²) in [6.07, 6.45) is 0. The van der Waals surface area contributed by atoms with Gasteiger partial charge < -0.3 is 14.8 Å². The van der Waals surface area contributed by atoms with Crippen LogP contribution in [0.4, 0.5) is 5.69 Å². The molecule has 0 saturated carbocycles.